The molecule has 0 atom stereocenters. The molecule has 0 amide bonds. The molecule has 1 fully saturated rings. The number of nitrogens with zero attached hydrogens (tertiary/aromatic N) is 2. The van der Waals surface area contributed by atoms with E-state index in [1.807, 2.05) is 6.92 Å². The average molecular weight is 312 g/mol. The van der Waals surface area contributed by atoms with Crippen LogP contribution in [0, 0.1) is 6.92 Å². The zero-order valence-corrected chi connectivity index (χ0v) is 13.0. The standard InChI is InChI=1S/C17H20N4O2/c1-11-10-15(20-14-9-5-4-8-13(14)16(22)23)21-17(18-11)19-12-6-2-3-7-12/h4-5,8-10,12H,2-3,6-7H2,1H3,(H,22,23)(H2,18,19,20,21). The Hall–Kier alpha value is -2.63. The number of carbonyl (C=O) groups is 1. The van der Waals surface area contributed by atoms with Crippen LogP contribution in [0.2, 0.25) is 0 Å². The second kappa shape index (κ2) is 6.64. The summed E-state index contributed by atoms with van der Waals surface area (Å²) in [6, 6.07) is 9.02. The predicted molar refractivity (Wildman–Crippen MR) is 89.3 cm³/mol. The third kappa shape index (κ3) is 3.77. The minimum Gasteiger partial charge on any atom is -0.478 e. The van der Waals surface area contributed by atoms with Gasteiger partial charge < -0.3 is 15.7 Å². The molecule has 120 valence electrons. The maximum Gasteiger partial charge on any atom is 0.337 e. The Morgan fingerprint density at radius 2 is 1.96 bits per heavy atom. The number of aromatic carboxylic acids is 1. The highest BCUT2D eigenvalue weighted by Gasteiger charge is 2.16. The lowest BCUT2D eigenvalue weighted by Crippen LogP contribution is -2.17. The van der Waals surface area contributed by atoms with Gasteiger partial charge in [-0.15, -0.1) is 0 Å². The number of aryl methyl sites for hydroxylation is 1. The van der Waals surface area contributed by atoms with Gasteiger partial charge in [0, 0.05) is 17.8 Å². The van der Waals surface area contributed by atoms with Crippen LogP contribution >= 0.6 is 0 Å². The summed E-state index contributed by atoms with van der Waals surface area (Å²) >= 11 is 0. The average Bonchev–Trinajstić information content (AvgIpc) is 3.00. The molecular formula is C17H20N4O2. The van der Waals surface area contributed by atoms with Crippen LogP contribution in [0.25, 0.3) is 0 Å². The number of rotatable bonds is 5. The zero-order valence-electron chi connectivity index (χ0n) is 13.0. The van der Waals surface area contributed by atoms with Crippen molar-refractivity contribution in [3.8, 4) is 0 Å². The van der Waals surface area contributed by atoms with Crippen molar-refractivity contribution in [2.24, 2.45) is 0 Å². The van der Waals surface area contributed by atoms with Gasteiger partial charge in [-0.05, 0) is 31.9 Å². The third-order valence-corrected chi connectivity index (χ3v) is 3.96. The molecule has 1 saturated carbocycles. The van der Waals surface area contributed by atoms with E-state index in [-0.39, 0.29) is 5.56 Å². The monoisotopic (exact) mass is 312 g/mol. The fourth-order valence-electron chi connectivity index (χ4n) is 2.87. The zero-order chi connectivity index (χ0) is 16.2. The Bertz CT molecular complexity index is 711. The van der Waals surface area contributed by atoms with Crippen molar-refractivity contribution < 1.29 is 9.90 Å². The lowest BCUT2D eigenvalue weighted by Gasteiger charge is -2.14. The second-order valence-corrected chi connectivity index (χ2v) is 5.82. The van der Waals surface area contributed by atoms with Gasteiger partial charge in [-0.3, -0.25) is 0 Å². The maximum atomic E-state index is 11.3. The molecule has 0 saturated heterocycles. The minimum atomic E-state index is -0.969. The van der Waals surface area contributed by atoms with Gasteiger partial charge in [0.1, 0.15) is 5.82 Å². The normalized spacial score (nSPS) is 14.7. The van der Waals surface area contributed by atoms with E-state index in [1.165, 1.54) is 12.8 Å². The van der Waals surface area contributed by atoms with Crippen LogP contribution in [-0.2, 0) is 0 Å². The van der Waals surface area contributed by atoms with Gasteiger partial charge in [0.2, 0.25) is 5.95 Å². The van der Waals surface area contributed by atoms with E-state index in [2.05, 4.69) is 20.6 Å². The summed E-state index contributed by atoms with van der Waals surface area (Å²) < 4.78 is 0. The van der Waals surface area contributed by atoms with Crippen LogP contribution in [0.3, 0.4) is 0 Å². The second-order valence-electron chi connectivity index (χ2n) is 5.82. The molecule has 3 rings (SSSR count). The summed E-state index contributed by atoms with van der Waals surface area (Å²) in [5, 5.41) is 15.7. The van der Waals surface area contributed by atoms with E-state index in [0.29, 0.717) is 23.5 Å². The molecule has 2 aromatic rings. The lowest BCUT2D eigenvalue weighted by atomic mass is 10.2. The molecule has 0 spiro atoms. The number of hydrogen-bond acceptors (Lipinski definition) is 5. The van der Waals surface area contributed by atoms with E-state index in [1.54, 1.807) is 30.3 Å². The van der Waals surface area contributed by atoms with Crippen LogP contribution in [0.4, 0.5) is 17.5 Å². The third-order valence-electron chi connectivity index (χ3n) is 3.96. The molecule has 0 bridgehead atoms. The number of hydrogen-bond donors (Lipinski definition) is 3. The molecule has 23 heavy (non-hydrogen) atoms. The van der Waals surface area contributed by atoms with Crippen LogP contribution in [0.1, 0.15) is 41.7 Å². The van der Waals surface area contributed by atoms with Crippen molar-refractivity contribution in [2.45, 2.75) is 38.6 Å². The molecule has 3 N–H and O–H groups in total. The van der Waals surface area contributed by atoms with Crippen molar-refractivity contribution in [1.82, 2.24) is 9.97 Å². The van der Waals surface area contributed by atoms with E-state index in [4.69, 9.17) is 0 Å². The SMILES string of the molecule is Cc1cc(Nc2ccccc2C(=O)O)nc(NC2CCCC2)n1. The summed E-state index contributed by atoms with van der Waals surface area (Å²) in [5.74, 6) is 0.210. The molecule has 0 aliphatic heterocycles. The Morgan fingerprint density at radius 3 is 2.70 bits per heavy atom. The minimum absolute atomic E-state index is 0.217. The molecule has 1 aromatic heterocycles. The summed E-state index contributed by atoms with van der Waals surface area (Å²) in [4.78, 5) is 20.2. The molecule has 6 nitrogen and oxygen atoms in total. The molecule has 1 aromatic carbocycles. The van der Waals surface area contributed by atoms with E-state index in [0.717, 1.165) is 18.5 Å². The van der Waals surface area contributed by atoms with Crippen molar-refractivity contribution in [2.75, 3.05) is 10.6 Å². The van der Waals surface area contributed by atoms with E-state index in [9.17, 15) is 9.90 Å². The Labute approximate surface area is 135 Å². The molecular weight excluding hydrogens is 292 g/mol. The van der Waals surface area contributed by atoms with Gasteiger partial charge in [-0.1, -0.05) is 25.0 Å². The number of carboxylic acids is 1. The van der Waals surface area contributed by atoms with Gasteiger partial charge in [-0.2, -0.15) is 4.98 Å². The fourth-order valence-corrected chi connectivity index (χ4v) is 2.87. The number of aromatic nitrogens is 2. The van der Waals surface area contributed by atoms with Gasteiger partial charge in [0.25, 0.3) is 0 Å². The molecule has 6 heteroatoms. The number of nitrogens with one attached hydrogen (secondary N) is 2. The molecule has 1 aliphatic carbocycles. The van der Waals surface area contributed by atoms with Crippen LogP contribution in [0.15, 0.2) is 30.3 Å². The number of carboxylic acid groups (broad SMARTS) is 1. The largest absolute Gasteiger partial charge is 0.478 e. The molecule has 1 heterocycles. The maximum absolute atomic E-state index is 11.3. The molecule has 0 unspecified atom stereocenters. The van der Waals surface area contributed by atoms with Gasteiger partial charge >= 0.3 is 5.97 Å². The summed E-state index contributed by atoms with van der Waals surface area (Å²) in [6.07, 6.45) is 4.75. The first-order valence-electron chi connectivity index (χ1n) is 7.83. The summed E-state index contributed by atoms with van der Waals surface area (Å²) in [7, 11) is 0. The van der Waals surface area contributed by atoms with Gasteiger partial charge in [-0.25, -0.2) is 9.78 Å². The van der Waals surface area contributed by atoms with Crippen LogP contribution in [0.5, 0.6) is 0 Å². The molecule has 1 aliphatic rings. The highest BCUT2D eigenvalue weighted by molar-refractivity contribution is 5.95. The van der Waals surface area contributed by atoms with Crippen LogP contribution in [-0.4, -0.2) is 27.1 Å². The van der Waals surface area contributed by atoms with Crippen molar-refractivity contribution >= 4 is 23.4 Å². The number of para-hydroxylation sites is 1. The first kappa shape index (κ1) is 15.3. The smallest absolute Gasteiger partial charge is 0.337 e. The lowest BCUT2D eigenvalue weighted by molar-refractivity contribution is 0.0698. The summed E-state index contributed by atoms with van der Waals surface area (Å²) in [6.45, 7) is 1.90. The topological polar surface area (TPSA) is 87.1 Å². The first-order chi connectivity index (χ1) is 11.1. The van der Waals surface area contributed by atoms with Crippen molar-refractivity contribution in [3.63, 3.8) is 0 Å². The van der Waals surface area contributed by atoms with E-state index >= 15 is 0 Å². The van der Waals surface area contributed by atoms with Crippen molar-refractivity contribution in [3.05, 3.63) is 41.6 Å². The highest BCUT2D eigenvalue weighted by atomic mass is 16.4. The predicted octanol–water partition coefficient (Wildman–Crippen LogP) is 3.58. The number of anilines is 3. The first-order valence-corrected chi connectivity index (χ1v) is 7.83. The Balaban J connectivity index is 1.82. The fraction of sp³-hybridized carbons (Fsp3) is 0.353. The number of benzene rings is 1. The van der Waals surface area contributed by atoms with Gasteiger partial charge in [0.05, 0.1) is 11.3 Å². The Morgan fingerprint density at radius 1 is 1.22 bits per heavy atom. The van der Waals surface area contributed by atoms with Crippen molar-refractivity contribution in [1.29, 1.82) is 0 Å². The quantitative estimate of drug-likeness (QED) is 0.782. The van der Waals surface area contributed by atoms with Gasteiger partial charge in [0.15, 0.2) is 0 Å². The highest BCUT2D eigenvalue weighted by Crippen LogP contribution is 2.23. The van der Waals surface area contributed by atoms with E-state index < -0.39 is 5.97 Å². The molecule has 0 radical (unpaired) electrons. The van der Waals surface area contributed by atoms with Crippen LogP contribution < -0.4 is 10.6 Å². The summed E-state index contributed by atoms with van der Waals surface area (Å²) in [5.41, 5.74) is 1.56. The Kier molecular flexibility index (Phi) is 4.41.